The van der Waals surface area contributed by atoms with Crippen LogP contribution in [0.5, 0.6) is 0 Å². The van der Waals surface area contributed by atoms with Crippen LogP contribution in [0.2, 0.25) is 10.3 Å². The van der Waals surface area contributed by atoms with Crippen molar-refractivity contribution in [1.29, 1.82) is 5.26 Å². The van der Waals surface area contributed by atoms with Crippen LogP contribution in [0.1, 0.15) is 11.3 Å². The van der Waals surface area contributed by atoms with Crippen molar-refractivity contribution in [1.82, 2.24) is 9.97 Å². The zero-order valence-electron chi connectivity index (χ0n) is 9.41. The molecule has 0 spiro atoms. The van der Waals surface area contributed by atoms with Gasteiger partial charge in [0.25, 0.3) is 0 Å². The van der Waals surface area contributed by atoms with Crippen molar-refractivity contribution in [3.63, 3.8) is 0 Å². The minimum absolute atomic E-state index is 0.169. The van der Waals surface area contributed by atoms with Gasteiger partial charge in [-0.25, -0.2) is 9.97 Å². The number of hydrogen-bond donors (Lipinski definition) is 1. The third-order valence-corrected chi connectivity index (χ3v) is 2.67. The average Bonchev–Trinajstić information content (AvgIpc) is 2.30. The summed E-state index contributed by atoms with van der Waals surface area (Å²) in [6.45, 7) is 1.82. The Kier molecular flexibility index (Phi) is 3.66. The summed E-state index contributed by atoms with van der Waals surface area (Å²) in [6.07, 6.45) is 0. The number of halogens is 2. The zero-order valence-corrected chi connectivity index (χ0v) is 10.9. The molecule has 0 amide bonds. The van der Waals surface area contributed by atoms with Gasteiger partial charge in [0.05, 0.1) is 22.3 Å². The van der Waals surface area contributed by atoms with Gasteiger partial charge in [-0.15, -0.1) is 0 Å². The summed E-state index contributed by atoms with van der Waals surface area (Å²) in [4.78, 5) is 8.00. The van der Waals surface area contributed by atoms with E-state index in [0.717, 1.165) is 5.69 Å². The van der Waals surface area contributed by atoms with Gasteiger partial charge in [0.1, 0.15) is 5.82 Å². The number of aryl methyl sites for hydroxylation is 1. The van der Waals surface area contributed by atoms with Crippen LogP contribution in [-0.4, -0.2) is 9.97 Å². The van der Waals surface area contributed by atoms with Crippen molar-refractivity contribution >= 4 is 34.7 Å². The molecule has 0 atom stereocenters. The van der Waals surface area contributed by atoms with E-state index < -0.39 is 0 Å². The molecule has 0 fully saturated rings. The van der Waals surface area contributed by atoms with E-state index in [1.54, 1.807) is 24.3 Å². The lowest BCUT2D eigenvalue weighted by Gasteiger charge is -2.08. The molecule has 18 heavy (non-hydrogen) atoms. The van der Waals surface area contributed by atoms with E-state index >= 15 is 0 Å². The molecule has 90 valence electrons. The Balaban J connectivity index is 2.31. The van der Waals surface area contributed by atoms with E-state index in [9.17, 15) is 0 Å². The van der Waals surface area contributed by atoms with Crippen molar-refractivity contribution in [2.24, 2.45) is 0 Å². The molecular formula is C12H8Cl2N4. The number of aromatic nitrogens is 2. The third kappa shape index (κ3) is 2.89. The van der Waals surface area contributed by atoms with Crippen LogP contribution in [0.4, 0.5) is 11.5 Å². The van der Waals surface area contributed by atoms with Crippen molar-refractivity contribution in [2.45, 2.75) is 6.92 Å². The summed E-state index contributed by atoms with van der Waals surface area (Å²) >= 11 is 11.8. The van der Waals surface area contributed by atoms with Gasteiger partial charge in [-0.1, -0.05) is 11.6 Å². The Bertz CT molecular complexity index is 614. The number of anilines is 2. The second-order valence-corrected chi connectivity index (χ2v) is 4.34. The molecule has 1 aromatic heterocycles. The molecular weight excluding hydrogens is 271 g/mol. The second kappa shape index (κ2) is 5.21. The molecule has 2 rings (SSSR count). The van der Waals surface area contributed by atoms with Gasteiger partial charge in [0.15, 0.2) is 0 Å². The van der Waals surface area contributed by atoms with Gasteiger partial charge in [0.2, 0.25) is 5.28 Å². The van der Waals surface area contributed by atoms with Crippen LogP contribution in [0.25, 0.3) is 0 Å². The number of hydrogen-bond acceptors (Lipinski definition) is 4. The van der Waals surface area contributed by atoms with E-state index in [4.69, 9.17) is 28.5 Å². The standard InChI is InChI=1S/C12H8Cl2N4/c1-7-4-11(18-12(14)16-7)17-10-3-2-8(6-15)5-9(10)13/h2-5H,1H3,(H,16,17,18). The summed E-state index contributed by atoms with van der Waals surface area (Å²) in [6, 6.07) is 8.74. The SMILES string of the molecule is Cc1cc(Nc2ccc(C#N)cc2Cl)nc(Cl)n1. The molecule has 0 aliphatic carbocycles. The first kappa shape index (κ1) is 12.6. The van der Waals surface area contributed by atoms with Crippen LogP contribution in [0.3, 0.4) is 0 Å². The molecule has 6 heteroatoms. The maximum Gasteiger partial charge on any atom is 0.224 e. The Hall–Kier alpha value is -1.83. The van der Waals surface area contributed by atoms with Crippen LogP contribution in [0, 0.1) is 18.3 Å². The summed E-state index contributed by atoms with van der Waals surface area (Å²) < 4.78 is 0. The van der Waals surface area contributed by atoms with E-state index in [-0.39, 0.29) is 5.28 Å². The first-order chi connectivity index (χ1) is 8.58. The minimum atomic E-state index is 0.169. The van der Waals surface area contributed by atoms with Crippen LogP contribution in [0.15, 0.2) is 24.3 Å². The smallest absolute Gasteiger partial charge is 0.224 e. The van der Waals surface area contributed by atoms with E-state index in [2.05, 4.69) is 15.3 Å². The molecule has 0 saturated carbocycles. The topological polar surface area (TPSA) is 61.6 Å². The Morgan fingerprint density at radius 1 is 1.22 bits per heavy atom. The number of nitrogens with one attached hydrogen (secondary N) is 1. The highest BCUT2D eigenvalue weighted by Gasteiger charge is 2.05. The molecule has 2 aromatic rings. The zero-order chi connectivity index (χ0) is 13.1. The minimum Gasteiger partial charge on any atom is -0.339 e. The van der Waals surface area contributed by atoms with Gasteiger partial charge >= 0.3 is 0 Å². The highest BCUT2D eigenvalue weighted by atomic mass is 35.5. The molecule has 0 bridgehead atoms. The lowest BCUT2D eigenvalue weighted by atomic mass is 10.2. The maximum absolute atomic E-state index is 8.75. The van der Waals surface area contributed by atoms with Crippen molar-refractivity contribution in [3.8, 4) is 6.07 Å². The van der Waals surface area contributed by atoms with Gasteiger partial charge < -0.3 is 5.32 Å². The first-order valence-electron chi connectivity index (χ1n) is 5.06. The molecule has 0 radical (unpaired) electrons. The fraction of sp³-hybridized carbons (Fsp3) is 0.0833. The second-order valence-electron chi connectivity index (χ2n) is 3.60. The molecule has 0 aliphatic heterocycles. The Morgan fingerprint density at radius 3 is 2.61 bits per heavy atom. The number of rotatable bonds is 2. The fourth-order valence-corrected chi connectivity index (χ4v) is 1.87. The Labute approximate surface area is 114 Å². The molecule has 0 saturated heterocycles. The summed E-state index contributed by atoms with van der Waals surface area (Å²) in [5.74, 6) is 0.555. The molecule has 1 heterocycles. The number of benzene rings is 1. The summed E-state index contributed by atoms with van der Waals surface area (Å²) in [5.41, 5.74) is 1.91. The van der Waals surface area contributed by atoms with Crippen LogP contribution < -0.4 is 5.32 Å². The average molecular weight is 279 g/mol. The van der Waals surface area contributed by atoms with Crippen molar-refractivity contribution in [3.05, 3.63) is 45.8 Å². The molecule has 0 unspecified atom stereocenters. The van der Waals surface area contributed by atoms with Crippen molar-refractivity contribution in [2.75, 3.05) is 5.32 Å². The molecule has 1 N–H and O–H groups in total. The molecule has 1 aromatic carbocycles. The lowest BCUT2D eigenvalue weighted by molar-refractivity contribution is 1.10. The Morgan fingerprint density at radius 2 is 2.00 bits per heavy atom. The molecule has 4 nitrogen and oxygen atoms in total. The van der Waals surface area contributed by atoms with Crippen molar-refractivity contribution < 1.29 is 0 Å². The predicted octanol–water partition coefficient (Wildman–Crippen LogP) is 3.71. The quantitative estimate of drug-likeness (QED) is 0.851. The van der Waals surface area contributed by atoms with Crippen LogP contribution >= 0.6 is 23.2 Å². The third-order valence-electron chi connectivity index (χ3n) is 2.19. The number of nitriles is 1. The molecule has 0 aliphatic rings. The van der Waals surface area contributed by atoms with Gasteiger partial charge in [-0.2, -0.15) is 5.26 Å². The normalized spacial score (nSPS) is 9.89. The fourth-order valence-electron chi connectivity index (χ4n) is 1.42. The van der Waals surface area contributed by atoms with Crippen LogP contribution in [-0.2, 0) is 0 Å². The first-order valence-corrected chi connectivity index (χ1v) is 5.82. The van der Waals surface area contributed by atoms with Gasteiger partial charge in [-0.3, -0.25) is 0 Å². The summed E-state index contributed by atoms with van der Waals surface area (Å²) in [7, 11) is 0. The number of nitrogens with zero attached hydrogens (tertiary/aromatic N) is 3. The van der Waals surface area contributed by atoms with Gasteiger partial charge in [-0.05, 0) is 36.7 Å². The van der Waals surface area contributed by atoms with Gasteiger partial charge in [0, 0.05) is 11.8 Å². The summed E-state index contributed by atoms with van der Waals surface area (Å²) in [5, 5.41) is 12.4. The van der Waals surface area contributed by atoms with E-state index in [1.807, 2.05) is 13.0 Å². The highest BCUT2D eigenvalue weighted by Crippen LogP contribution is 2.26. The predicted molar refractivity (Wildman–Crippen MR) is 71.2 cm³/mol. The lowest BCUT2D eigenvalue weighted by Crippen LogP contribution is -1.97. The largest absolute Gasteiger partial charge is 0.339 e. The van der Waals surface area contributed by atoms with E-state index in [1.165, 1.54) is 0 Å². The maximum atomic E-state index is 8.75. The van der Waals surface area contributed by atoms with E-state index in [0.29, 0.717) is 22.1 Å². The monoisotopic (exact) mass is 278 g/mol. The highest BCUT2D eigenvalue weighted by molar-refractivity contribution is 6.33.